The molecule has 1 amide bonds. The molecule has 0 aromatic heterocycles. The molecule has 0 aliphatic carbocycles. The zero-order chi connectivity index (χ0) is 10.3. The van der Waals surface area contributed by atoms with Crippen LogP contribution in [0, 0.1) is 12.3 Å². The molecule has 1 unspecified atom stereocenters. The summed E-state index contributed by atoms with van der Waals surface area (Å²) in [5.74, 6) is 2.51. The van der Waals surface area contributed by atoms with Gasteiger partial charge in [0.05, 0.1) is 5.88 Å². The molecule has 0 aliphatic rings. The van der Waals surface area contributed by atoms with Crippen LogP contribution in [0.25, 0.3) is 0 Å². The second-order valence-electron chi connectivity index (χ2n) is 2.89. The maximum atomic E-state index is 10.4. The Morgan fingerprint density at radius 2 is 2.38 bits per heavy atom. The number of hydrogen-bond donors (Lipinski definition) is 2. The highest BCUT2D eigenvalue weighted by Crippen LogP contribution is 2.15. The molecule has 0 heterocycles. The van der Waals surface area contributed by atoms with Crippen LogP contribution < -0.4 is 5.32 Å². The third-order valence-corrected chi connectivity index (χ3v) is 2.26. The number of carbonyl (C=O) groups is 1. The largest absolute Gasteiger partial charge is 0.465 e. The van der Waals surface area contributed by atoms with E-state index in [9.17, 15) is 4.79 Å². The summed E-state index contributed by atoms with van der Waals surface area (Å²) in [7, 11) is 0. The molecular formula is C9H14ClNO2. The molecule has 3 nitrogen and oxygen atoms in total. The highest BCUT2D eigenvalue weighted by molar-refractivity contribution is 6.19. The zero-order valence-corrected chi connectivity index (χ0v) is 8.40. The van der Waals surface area contributed by atoms with Gasteiger partial charge in [-0.25, -0.2) is 4.79 Å². The Hall–Kier alpha value is -0.880. The number of nitrogens with one attached hydrogen (secondary N) is 1. The second-order valence-corrected chi connectivity index (χ2v) is 3.16. The van der Waals surface area contributed by atoms with Crippen LogP contribution >= 0.6 is 11.6 Å². The molecule has 0 radical (unpaired) electrons. The molecule has 0 fully saturated rings. The average Bonchev–Trinajstić information content (AvgIpc) is 2.12. The van der Waals surface area contributed by atoms with Crippen LogP contribution in [0.2, 0.25) is 0 Å². The fraction of sp³-hybridized carbons (Fsp3) is 0.667. The number of unbranched alkanes of at least 4 members (excludes halogenated alkanes) is 1. The molecule has 4 heteroatoms. The van der Waals surface area contributed by atoms with Crippen molar-refractivity contribution in [1.82, 2.24) is 5.32 Å². The predicted octanol–water partition coefficient (Wildman–Crippen LogP) is 2.05. The molecule has 0 saturated carbocycles. The molecule has 0 aromatic rings. The Morgan fingerprint density at radius 1 is 1.77 bits per heavy atom. The first kappa shape index (κ1) is 12.1. The lowest BCUT2D eigenvalue weighted by atomic mass is 9.96. The summed E-state index contributed by atoms with van der Waals surface area (Å²) in [6.45, 7) is 2.01. The van der Waals surface area contributed by atoms with E-state index in [0.29, 0.717) is 6.42 Å². The Kier molecular flexibility index (Phi) is 5.33. The monoisotopic (exact) mass is 203 g/mol. The van der Waals surface area contributed by atoms with Gasteiger partial charge in [0, 0.05) is 0 Å². The number of carboxylic acid groups (broad SMARTS) is 1. The van der Waals surface area contributed by atoms with Gasteiger partial charge in [-0.2, -0.15) is 0 Å². The van der Waals surface area contributed by atoms with E-state index in [1.165, 1.54) is 0 Å². The van der Waals surface area contributed by atoms with Crippen molar-refractivity contribution >= 4 is 17.7 Å². The molecule has 2 N–H and O–H groups in total. The van der Waals surface area contributed by atoms with E-state index in [1.807, 2.05) is 6.92 Å². The van der Waals surface area contributed by atoms with E-state index in [-0.39, 0.29) is 5.88 Å². The third kappa shape index (κ3) is 4.05. The molecule has 0 spiro atoms. The SMILES string of the molecule is C#CC(CCl)(CCCC)NC(=O)O. The standard InChI is InChI=1S/C9H14ClNO2/c1-3-5-6-9(4-2,7-10)11-8(12)13/h2,11H,3,5-7H2,1H3,(H,12,13). The van der Waals surface area contributed by atoms with Crippen molar-refractivity contribution in [2.24, 2.45) is 0 Å². The van der Waals surface area contributed by atoms with Gasteiger partial charge in [0.2, 0.25) is 0 Å². The van der Waals surface area contributed by atoms with E-state index in [2.05, 4.69) is 11.2 Å². The van der Waals surface area contributed by atoms with Gasteiger partial charge >= 0.3 is 6.09 Å². The van der Waals surface area contributed by atoms with Gasteiger partial charge in [-0.15, -0.1) is 18.0 Å². The van der Waals surface area contributed by atoms with Crippen LogP contribution in [0.3, 0.4) is 0 Å². The van der Waals surface area contributed by atoms with Gasteiger partial charge < -0.3 is 10.4 Å². The summed E-state index contributed by atoms with van der Waals surface area (Å²) in [6, 6.07) is 0. The van der Waals surface area contributed by atoms with Gasteiger partial charge in [-0.1, -0.05) is 25.7 Å². The van der Waals surface area contributed by atoms with Crippen molar-refractivity contribution in [2.75, 3.05) is 5.88 Å². The average molecular weight is 204 g/mol. The fourth-order valence-electron chi connectivity index (χ4n) is 0.993. The van der Waals surface area contributed by atoms with E-state index in [0.717, 1.165) is 12.8 Å². The quantitative estimate of drug-likeness (QED) is 0.531. The van der Waals surface area contributed by atoms with Gasteiger partial charge in [0.1, 0.15) is 5.54 Å². The maximum Gasteiger partial charge on any atom is 0.405 e. The van der Waals surface area contributed by atoms with Crippen LogP contribution in [-0.2, 0) is 0 Å². The minimum absolute atomic E-state index is 0.107. The molecule has 0 bridgehead atoms. The number of alkyl halides is 1. The Bertz CT molecular complexity index is 212. The van der Waals surface area contributed by atoms with Crippen molar-refractivity contribution in [3.05, 3.63) is 0 Å². The van der Waals surface area contributed by atoms with E-state index < -0.39 is 11.6 Å². The van der Waals surface area contributed by atoms with Crippen LogP contribution in [0.15, 0.2) is 0 Å². The second kappa shape index (κ2) is 5.71. The van der Waals surface area contributed by atoms with Gasteiger partial charge in [0.25, 0.3) is 0 Å². The molecule has 13 heavy (non-hydrogen) atoms. The normalized spacial score (nSPS) is 14.2. The lowest BCUT2D eigenvalue weighted by molar-refractivity contribution is 0.185. The first-order valence-electron chi connectivity index (χ1n) is 4.15. The number of rotatable bonds is 5. The molecule has 74 valence electrons. The Labute approximate surface area is 83.5 Å². The van der Waals surface area contributed by atoms with Crippen molar-refractivity contribution in [1.29, 1.82) is 0 Å². The number of terminal acetylenes is 1. The molecule has 0 rings (SSSR count). The van der Waals surface area contributed by atoms with Crippen molar-refractivity contribution in [3.8, 4) is 12.3 Å². The zero-order valence-electron chi connectivity index (χ0n) is 7.64. The van der Waals surface area contributed by atoms with Crippen LogP contribution in [0.4, 0.5) is 4.79 Å². The first-order valence-corrected chi connectivity index (χ1v) is 4.68. The summed E-state index contributed by atoms with van der Waals surface area (Å²) < 4.78 is 0. The molecule has 0 saturated heterocycles. The first-order chi connectivity index (χ1) is 6.10. The van der Waals surface area contributed by atoms with Gasteiger partial charge in [-0.3, -0.25) is 0 Å². The molecular weight excluding hydrogens is 190 g/mol. The fourth-order valence-corrected chi connectivity index (χ4v) is 1.27. The van der Waals surface area contributed by atoms with Gasteiger partial charge in [-0.05, 0) is 6.42 Å². The smallest absolute Gasteiger partial charge is 0.405 e. The van der Waals surface area contributed by atoms with Crippen molar-refractivity contribution in [2.45, 2.75) is 31.7 Å². The number of hydrogen-bond acceptors (Lipinski definition) is 1. The minimum atomic E-state index is -1.13. The number of amides is 1. The van der Waals surface area contributed by atoms with Crippen molar-refractivity contribution in [3.63, 3.8) is 0 Å². The maximum absolute atomic E-state index is 10.4. The highest BCUT2D eigenvalue weighted by Gasteiger charge is 2.27. The lowest BCUT2D eigenvalue weighted by Crippen LogP contribution is -2.48. The predicted molar refractivity (Wildman–Crippen MR) is 53.0 cm³/mol. The van der Waals surface area contributed by atoms with E-state index in [1.54, 1.807) is 0 Å². The van der Waals surface area contributed by atoms with Crippen LogP contribution in [0.1, 0.15) is 26.2 Å². The van der Waals surface area contributed by atoms with Crippen molar-refractivity contribution < 1.29 is 9.90 Å². The van der Waals surface area contributed by atoms with Gasteiger partial charge in [0.15, 0.2) is 0 Å². The molecule has 0 aromatic carbocycles. The number of halogens is 1. The summed E-state index contributed by atoms with van der Waals surface area (Å²) in [5, 5.41) is 10.8. The van der Waals surface area contributed by atoms with E-state index >= 15 is 0 Å². The highest BCUT2D eigenvalue weighted by atomic mass is 35.5. The molecule has 0 aliphatic heterocycles. The topological polar surface area (TPSA) is 49.3 Å². The third-order valence-electron chi connectivity index (χ3n) is 1.81. The molecule has 1 atom stereocenters. The summed E-state index contributed by atoms with van der Waals surface area (Å²) >= 11 is 5.64. The lowest BCUT2D eigenvalue weighted by Gasteiger charge is -2.25. The van der Waals surface area contributed by atoms with Crippen LogP contribution in [-0.4, -0.2) is 22.6 Å². The Balaban J connectivity index is 4.33. The van der Waals surface area contributed by atoms with Crippen LogP contribution in [0.5, 0.6) is 0 Å². The summed E-state index contributed by atoms with van der Waals surface area (Å²) in [6.07, 6.45) is 6.51. The minimum Gasteiger partial charge on any atom is -0.465 e. The van der Waals surface area contributed by atoms with E-state index in [4.69, 9.17) is 23.1 Å². The summed E-state index contributed by atoms with van der Waals surface area (Å²) in [4.78, 5) is 10.4. The Morgan fingerprint density at radius 3 is 2.69 bits per heavy atom. The summed E-state index contributed by atoms with van der Waals surface area (Å²) in [5.41, 5.74) is -0.899.